The van der Waals surface area contributed by atoms with E-state index in [9.17, 15) is 35.1 Å². The van der Waals surface area contributed by atoms with Gasteiger partial charge in [-0.15, -0.1) is 0 Å². The second-order valence-electron chi connectivity index (χ2n) is 27.8. The summed E-state index contributed by atoms with van der Waals surface area (Å²) in [4.78, 5) is 38.2. The number of fused-ring (bicyclic) bond motifs is 8. The first kappa shape index (κ1) is 71.4. The van der Waals surface area contributed by atoms with Crippen LogP contribution in [0, 0.1) is 78.8 Å². The Morgan fingerprint density at radius 2 is 1.33 bits per heavy atom. The Bertz CT molecular complexity index is 2270. The van der Waals surface area contributed by atoms with Crippen molar-refractivity contribution in [1.29, 1.82) is 0 Å². The van der Waals surface area contributed by atoms with Crippen LogP contribution >= 0.6 is 0 Å². The molecule has 2 saturated heterocycles. The Labute approximate surface area is 588 Å². The first-order valence-corrected chi connectivity index (χ1v) is 61.6. The summed E-state index contributed by atoms with van der Waals surface area (Å²) >= 11 is 5.00. The van der Waals surface area contributed by atoms with Crippen LogP contribution in [0.1, 0.15) is 201 Å². The van der Waals surface area contributed by atoms with Crippen LogP contribution in [0.5, 0.6) is 0 Å². The van der Waals surface area contributed by atoms with Gasteiger partial charge >= 0.3 is 190 Å². The molecule has 5 saturated carbocycles. The molecule has 7 fully saturated rings. The third kappa shape index (κ3) is 11.6. The number of carboxylic acids is 2. The number of rotatable bonds is 11. The molecule has 0 aromatic heterocycles. The molecule has 2 aliphatic heterocycles. The molecule has 0 radical (unpaired) electrons. The number of carboxylic acid groups (broad SMARTS) is 2. The maximum absolute atomic E-state index is 12.7. The van der Waals surface area contributed by atoms with Crippen LogP contribution in [0.3, 0.4) is 0 Å². The van der Waals surface area contributed by atoms with Gasteiger partial charge in [-0.05, 0) is 178 Å². The first-order valence-electron chi connectivity index (χ1n) is 29.6. The van der Waals surface area contributed by atoms with Gasteiger partial charge in [-0.2, -0.15) is 0 Å². The van der Waals surface area contributed by atoms with Gasteiger partial charge in [-0.1, -0.05) is 125 Å². The fourth-order valence-corrected chi connectivity index (χ4v) is 18.8. The van der Waals surface area contributed by atoms with Crippen molar-refractivity contribution >= 4 is 138 Å². The number of carbonyl (C=O) groups is 2. The Kier molecular flexibility index (Phi) is 25.5. The van der Waals surface area contributed by atoms with E-state index >= 15 is 0 Å². The van der Waals surface area contributed by atoms with Crippen LogP contribution in [-0.2, 0) is 19.4 Å². The van der Waals surface area contributed by atoms with Crippen LogP contribution in [0.4, 0.5) is 0 Å². The van der Waals surface area contributed by atoms with Crippen molar-refractivity contribution in [3.63, 3.8) is 0 Å². The van der Waals surface area contributed by atoms with E-state index in [1.54, 1.807) is 0 Å². The van der Waals surface area contributed by atoms with Crippen molar-refractivity contribution in [1.82, 2.24) is 0 Å². The van der Waals surface area contributed by atoms with E-state index in [1.165, 1.54) is 149 Å². The Morgan fingerprint density at radius 1 is 0.747 bits per heavy atom. The number of aliphatic hydroxyl groups is 3. The van der Waals surface area contributed by atoms with Crippen LogP contribution in [0.2, 0.25) is 0 Å². The topological polar surface area (TPSA) is 154 Å². The van der Waals surface area contributed by atoms with Gasteiger partial charge in [0.15, 0.2) is 0 Å². The second kappa shape index (κ2) is 26.8. The van der Waals surface area contributed by atoms with Crippen molar-refractivity contribution in [3.05, 3.63) is 58.7 Å². The van der Waals surface area contributed by atoms with Crippen molar-refractivity contribution in [2.75, 3.05) is 0 Å². The zero-order valence-electron chi connectivity index (χ0n) is 51.9. The summed E-state index contributed by atoms with van der Waals surface area (Å²) < 4.78 is 0. The molecule has 398 valence electrons. The zero-order chi connectivity index (χ0) is 55.8. The monoisotopic (exact) mass is 1170 g/mol. The van der Waals surface area contributed by atoms with E-state index in [-0.39, 0.29) is 97.8 Å². The molecule has 5 N–H and O–H groups in total. The van der Waals surface area contributed by atoms with Gasteiger partial charge in [-0.25, -0.2) is 9.78 Å². The molecule has 0 amide bonds. The van der Waals surface area contributed by atoms with Crippen LogP contribution in [-0.4, -0.2) is 193 Å². The average molecular weight is 1170 g/mol. The minimum atomic E-state index is -0.836. The van der Waals surface area contributed by atoms with Gasteiger partial charge in [0.25, 0.3) is 0 Å². The molecule has 75 heavy (non-hydrogen) atoms. The van der Waals surface area contributed by atoms with Gasteiger partial charge in [0.2, 0.25) is 0 Å². The predicted octanol–water partition coefficient (Wildman–Crippen LogP) is 8.74. The Balaban J connectivity index is 0.000000303. The summed E-state index contributed by atoms with van der Waals surface area (Å²) in [6, 6.07) is 0. The van der Waals surface area contributed by atoms with E-state index in [0.29, 0.717) is 43.9 Å². The summed E-state index contributed by atoms with van der Waals surface area (Å²) in [6.07, 6.45) is 21.0. The Hall–Kier alpha value is 5.62. The van der Waals surface area contributed by atoms with Gasteiger partial charge in [0, 0.05) is 22.2 Å². The molecule has 16 atom stereocenters. The molecule has 9 nitrogen and oxygen atoms in total. The normalized spacial score (nSPS) is 42.8. The third-order valence-electron chi connectivity index (χ3n) is 24.0. The number of aliphatic hydroxyl groups excluding tert-OH is 3. The summed E-state index contributed by atoms with van der Waals surface area (Å²) in [5, 5.41) is 54.0. The van der Waals surface area contributed by atoms with Gasteiger partial charge in [0.05, 0.1) is 30.1 Å². The zero-order valence-corrected chi connectivity index (χ0v) is 66.5. The number of hydrogen-bond donors (Lipinski definition) is 5. The van der Waals surface area contributed by atoms with E-state index in [4.69, 9.17) is 9.78 Å². The number of aliphatic carboxylic acids is 2. The van der Waals surface area contributed by atoms with Crippen molar-refractivity contribution in [2.24, 2.45) is 78.8 Å². The van der Waals surface area contributed by atoms with E-state index < -0.39 is 63.4 Å². The van der Waals surface area contributed by atoms with Gasteiger partial charge in [-0.3, -0.25) is 9.59 Å². The molecule has 1 unspecified atom stereocenters. The molecule has 2 spiro atoms. The number of allylic oxidation sites excluding steroid dienone is 8. The summed E-state index contributed by atoms with van der Waals surface area (Å²) in [7, 11) is 0. The quantitative estimate of drug-likeness (QED) is 0.0777. The fourth-order valence-electron chi connectivity index (χ4n) is 18.8. The summed E-state index contributed by atoms with van der Waals surface area (Å²) in [5.74, 6) is -1.82. The molecule has 10 rings (SSSR count). The van der Waals surface area contributed by atoms with E-state index in [2.05, 4.69) is 128 Å². The molecule has 0 aromatic carbocycles. The summed E-state index contributed by atoms with van der Waals surface area (Å²) in [6.45, 7) is 35.2. The molecule has 14 heteroatoms. The predicted molar refractivity (Wildman–Crippen MR) is 300 cm³/mol. The first-order chi connectivity index (χ1) is 34.3. The molecular formula is C61H95K5O9. The van der Waals surface area contributed by atoms with Gasteiger partial charge < -0.3 is 27.0 Å². The Morgan fingerprint density at radius 3 is 1.89 bits per heavy atom. The molecule has 10 aliphatic rings. The van der Waals surface area contributed by atoms with Crippen LogP contribution < -0.4 is 51.4 Å². The molecular weight excluding hydrogens is 1070 g/mol. The standard InChI is InChI=1S/C31H48O6.C30H46O3.5K.H/c1-18(2)19(3)9-10-20(25(34)35)24-21(32)17-29(8)28(24,7)13-11-22-27(6)14-12-23(33)26(4,5)31(27)16-15-30(22,29)36-37-31;1-19(2)9-8-10-20(26(32)33)21-13-17-30(7)23-11-12-24-27(3,4)25(31)15-16-28(24,5)22(23)14-18-29(21,30)6;;;;;;/h11,18,20-21,23-24,32-33H,3,9-10,12-17H2,1-2,4-8H3,(H,34,35);9,11,14,20-21,24-25,31H,8,10,12-13,15-18H2,1-7H3,(H,32,33);;;;;;/q;;;;;;+1;-1/t20-,21-,23+,24+,27-,28-,29-,30?,31-;20-,21-,24+,25+,28-,29-,30+;;;;;;/m11....../s1. The molecule has 2 heterocycles. The van der Waals surface area contributed by atoms with Crippen LogP contribution in [0.15, 0.2) is 58.7 Å². The minimum absolute atomic E-state index is 0. The molecule has 8 aliphatic carbocycles. The van der Waals surface area contributed by atoms with Crippen LogP contribution in [0.25, 0.3) is 0 Å². The molecule has 2 bridgehead atoms. The van der Waals surface area contributed by atoms with Gasteiger partial charge in [0.1, 0.15) is 11.2 Å². The van der Waals surface area contributed by atoms with E-state index in [1.807, 2.05) is 0 Å². The second-order valence-corrected chi connectivity index (χ2v) is 27.8. The maximum atomic E-state index is 12.7. The van der Waals surface area contributed by atoms with Crippen molar-refractivity contribution in [3.8, 4) is 0 Å². The van der Waals surface area contributed by atoms with Crippen molar-refractivity contribution < 1.29 is 97.7 Å². The molecule has 0 aromatic rings. The number of hydrogen-bond acceptors (Lipinski definition) is 7. The van der Waals surface area contributed by atoms with Crippen molar-refractivity contribution in [2.45, 2.75) is 229 Å². The van der Waals surface area contributed by atoms with E-state index in [0.717, 1.165) is 76.2 Å². The fraction of sp³-hybridized carbons (Fsp3) is 0.803. The third-order valence-corrected chi connectivity index (χ3v) is 24.0. The SMILES string of the molecule is C=C(CC[C@@H](C(=O)O)[C@H]1[C@H](O)C[C@@]2(C)C34CC[C@@]5(OO3)C(C)(C)[C@@H](O)CC[C@]5(C)C4=CC[C@]12C)C(C)C.CC(C)=CCC[C@@H](C(=O)O)[C@H]1CC[C@@]2(C)C3=CC[C@H]4C(C)(C)[C@@H](O)CC[C@]4(C)C3=CC[C@]12C.[H-].[K+].[K][K].[K][K]. The summed E-state index contributed by atoms with van der Waals surface area (Å²) in [5.41, 5.74) is 3.57. The average Bonchev–Trinajstić information content (AvgIpc) is 3.74.